The molecular weight excluding hydrogens is 346 g/mol. The first-order valence-electron chi connectivity index (χ1n) is 8.47. The monoisotopic (exact) mass is 369 g/mol. The van der Waals surface area contributed by atoms with Crippen LogP contribution in [0.1, 0.15) is 23.6 Å². The Morgan fingerprint density at radius 3 is 2.52 bits per heavy atom. The highest BCUT2D eigenvalue weighted by Gasteiger charge is 2.11. The van der Waals surface area contributed by atoms with Gasteiger partial charge >= 0.3 is 5.97 Å². The molecule has 0 unspecified atom stereocenters. The normalized spacial score (nSPS) is 11.8. The van der Waals surface area contributed by atoms with E-state index in [0.717, 1.165) is 22.4 Å². The number of benzene rings is 2. The quantitative estimate of drug-likeness (QED) is 0.698. The van der Waals surface area contributed by atoms with Crippen LogP contribution in [0, 0.1) is 6.92 Å². The van der Waals surface area contributed by atoms with E-state index in [1.165, 1.54) is 13.0 Å². The van der Waals surface area contributed by atoms with Crippen LogP contribution in [0.25, 0.3) is 6.08 Å². The van der Waals surface area contributed by atoms with Gasteiger partial charge in [0.05, 0.1) is 7.11 Å². The summed E-state index contributed by atoms with van der Waals surface area (Å²) in [6.07, 6.45) is 2.91. The Morgan fingerprint density at radius 1 is 1.19 bits per heavy atom. The van der Waals surface area contributed by atoms with Gasteiger partial charge in [-0.3, -0.25) is 9.59 Å². The lowest BCUT2D eigenvalue weighted by Crippen LogP contribution is -2.37. The van der Waals surface area contributed by atoms with Gasteiger partial charge in [-0.2, -0.15) is 0 Å². The second kappa shape index (κ2) is 9.43. The second-order valence-electron chi connectivity index (χ2n) is 6.06. The van der Waals surface area contributed by atoms with Crippen LogP contribution in [-0.2, 0) is 16.2 Å². The number of carboxylic acids is 1. The van der Waals surface area contributed by atoms with Crippen LogP contribution < -0.4 is 14.8 Å². The number of carbonyl (C=O) groups excluding carboxylic acids is 1. The van der Waals surface area contributed by atoms with E-state index < -0.39 is 17.9 Å². The maximum atomic E-state index is 11.6. The lowest BCUT2D eigenvalue weighted by Gasteiger charge is -2.09. The van der Waals surface area contributed by atoms with Gasteiger partial charge in [-0.15, -0.1) is 0 Å². The smallest absolute Gasteiger partial charge is 0.325 e. The molecule has 0 aliphatic heterocycles. The maximum Gasteiger partial charge on any atom is 0.325 e. The number of ether oxygens (including phenoxy) is 2. The van der Waals surface area contributed by atoms with E-state index in [4.69, 9.17) is 14.6 Å². The molecule has 2 aromatic carbocycles. The SMILES string of the molecule is COc1cc(COc2ccc(/C=C/C(=O)N[C@H](C)C(=O)O)cc2)ccc1C. The summed E-state index contributed by atoms with van der Waals surface area (Å²) in [5.41, 5.74) is 2.88. The molecule has 0 saturated carbocycles. The van der Waals surface area contributed by atoms with Gasteiger partial charge in [0, 0.05) is 6.08 Å². The van der Waals surface area contributed by atoms with Crippen LogP contribution in [0.2, 0.25) is 0 Å². The molecule has 0 aliphatic rings. The van der Waals surface area contributed by atoms with Crippen molar-refractivity contribution in [2.45, 2.75) is 26.5 Å². The zero-order valence-corrected chi connectivity index (χ0v) is 15.6. The van der Waals surface area contributed by atoms with E-state index in [2.05, 4.69) is 5.32 Å². The summed E-state index contributed by atoms with van der Waals surface area (Å²) in [5.74, 6) is -0.00860. The molecule has 1 atom stereocenters. The molecule has 6 heteroatoms. The topological polar surface area (TPSA) is 84.9 Å². The van der Waals surface area contributed by atoms with Gasteiger partial charge in [-0.05, 0) is 54.8 Å². The minimum atomic E-state index is -1.08. The van der Waals surface area contributed by atoms with Gasteiger partial charge in [0.2, 0.25) is 5.91 Å². The molecule has 2 N–H and O–H groups in total. The van der Waals surface area contributed by atoms with Crippen molar-refractivity contribution < 1.29 is 24.2 Å². The molecule has 6 nitrogen and oxygen atoms in total. The molecule has 0 spiro atoms. The molecule has 2 rings (SSSR count). The van der Waals surface area contributed by atoms with E-state index in [9.17, 15) is 9.59 Å². The van der Waals surface area contributed by atoms with Crippen molar-refractivity contribution in [3.8, 4) is 11.5 Å². The third-order valence-electron chi connectivity index (χ3n) is 3.91. The molecule has 0 bridgehead atoms. The summed E-state index contributed by atoms with van der Waals surface area (Å²) in [4.78, 5) is 22.3. The number of aliphatic carboxylic acids is 1. The van der Waals surface area contributed by atoms with Gasteiger partial charge < -0.3 is 19.9 Å². The maximum absolute atomic E-state index is 11.6. The number of carbonyl (C=O) groups is 2. The van der Waals surface area contributed by atoms with Crippen molar-refractivity contribution in [2.24, 2.45) is 0 Å². The first kappa shape index (κ1) is 20.0. The van der Waals surface area contributed by atoms with Crippen LogP contribution in [0.5, 0.6) is 11.5 Å². The van der Waals surface area contributed by atoms with Crippen molar-refractivity contribution >= 4 is 18.0 Å². The zero-order valence-electron chi connectivity index (χ0n) is 15.6. The zero-order chi connectivity index (χ0) is 19.8. The third kappa shape index (κ3) is 6.18. The predicted molar refractivity (Wildman–Crippen MR) is 103 cm³/mol. The fourth-order valence-electron chi connectivity index (χ4n) is 2.29. The van der Waals surface area contributed by atoms with Crippen molar-refractivity contribution in [3.05, 3.63) is 65.2 Å². The van der Waals surface area contributed by atoms with Gasteiger partial charge in [-0.1, -0.05) is 24.3 Å². The number of rotatable bonds is 8. The van der Waals surface area contributed by atoms with Crippen LogP contribution in [0.15, 0.2) is 48.5 Å². The van der Waals surface area contributed by atoms with Crippen molar-refractivity contribution in [3.63, 3.8) is 0 Å². The van der Waals surface area contributed by atoms with E-state index in [-0.39, 0.29) is 0 Å². The highest BCUT2D eigenvalue weighted by atomic mass is 16.5. The Balaban J connectivity index is 1.90. The molecule has 0 aliphatic carbocycles. The minimum absolute atomic E-state index is 0.418. The van der Waals surface area contributed by atoms with E-state index >= 15 is 0 Å². The Morgan fingerprint density at radius 2 is 1.89 bits per heavy atom. The number of hydrogen-bond donors (Lipinski definition) is 2. The average Bonchev–Trinajstić information content (AvgIpc) is 2.66. The molecule has 0 radical (unpaired) electrons. The average molecular weight is 369 g/mol. The van der Waals surface area contributed by atoms with Gasteiger partial charge in [0.25, 0.3) is 0 Å². The lowest BCUT2D eigenvalue weighted by molar-refractivity contribution is -0.140. The van der Waals surface area contributed by atoms with Crippen LogP contribution in [-0.4, -0.2) is 30.1 Å². The van der Waals surface area contributed by atoms with E-state index in [1.54, 1.807) is 13.2 Å². The molecule has 2 aromatic rings. The fourth-order valence-corrected chi connectivity index (χ4v) is 2.29. The molecule has 0 heterocycles. The van der Waals surface area contributed by atoms with Gasteiger partial charge in [0.1, 0.15) is 24.1 Å². The number of aryl methyl sites for hydroxylation is 1. The number of nitrogens with one attached hydrogen (secondary N) is 1. The van der Waals surface area contributed by atoms with Gasteiger partial charge in [0.15, 0.2) is 0 Å². The van der Waals surface area contributed by atoms with Crippen molar-refractivity contribution in [1.82, 2.24) is 5.32 Å². The fraction of sp³-hybridized carbons (Fsp3) is 0.238. The number of carboxylic acid groups (broad SMARTS) is 1. The largest absolute Gasteiger partial charge is 0.496 e. The molecule has 142 valence electrons. The Labute approximate surface area is 158 Å². The van der Waals surface area contributed by atoms with Crippen molar-refractivity contribution in [1.29, 1.82) is 0 Å². The Kier molecular flexibility index (Phi) is 7.00. The van der Waals surface area contributed by atoms with Crippen LogP contribution in [0.4, 0.5) is 0 Å². The summed E-state index contributed by atoms with van der Waals surface area (Å²) < 4.78 is 11.1. The Bertz CT molecular complexity index is 827. The van der Waals surface area contributed by atoms with Crippen molar-refractivity contribution in [2.75, 3.05) is 7.11 Å². The lowest BCUT2D eigenvalue weighted by atomic mass is 10.1. The van der Waals surface area contributed by atoms with Crippen LogP contribution >= 0.6 is 0 Å². The standard InChI is InChI=1S/C21H23NO5/c1-14-4-5-17(12-19(14)26-3)13-27-18-9-6-16(7-10-18)8-11-20(23)22-15(2)21(24)25/h4-12,15H,13H2,1-3H3,(H,22,23)(H,24,25)/b11-8+/t15-/m1/s1. The summed E-state index contributed by atoms with van der Waals surface area (Å²) in [6.45, 7) is 3.81. The number of hydrogen-bond acceptors (Lipinski definition) is 4. The summed E-state index contributed by atoms with van der Waals surface area (Å²) in [5, 5.41) is 11.1. The molecule has 27 heavy (non-hydrogen) atoms. The Hall–Kier alpha value is -3.28. The van der Waals surface area contributed by atoms with E-state index in [0.29, 0.717) is 12.4 Å². The summed E-state index contributed by atoms with van der Waals surface area (Å²) in [6, 6.07) is 12.2. The summed E-state index contributed by atoms with van der Waals surface area (Å²) >= 11 is 0. The third-order valence-corrected chi connectivity index (χ3v) is 3.91. The summed E-state index contributed by atoms with van der Waals surface area (Å²) in [7, 11) is 1.64. The highest BCUT2D eigenvalue weighted by molar-refractivity contribution is 5.94. The molecule has 0 fully saturated rings. The molecule has 1 amide bonds. The molecule has 0 saturated heterocycles. The predicted octanol–water partition coefficient (Wildman–Crippen LogP) is 3.19. The van der Waals surface area contributed by atoms with Crippen LogP contribution in [0.3, 0.4) is 0 Å². The second-order valence-corrected chi connectivity index (χ2v) is 6.06. The first-order valence-corrected chi connectivity index (χ1v) is 8.47. The minimum Gasteiger partial charge on any atom is -0.496 e. The first-order chi connectivity index (χ1) is 12.9. The molecular formula is C21H23NO5. The number of methoxy groups -OCH3 is 1. The highest BCUT2D eigenvalue weighted by Crippen LogP contribution is 2.21. The molecule has 0 aromatic heterocycles. The van der Waals surface area contributed by atoms with E-state index in [1.807, 2.05) is 49.4 Å². The van der Waals surface area contributed by atoms with Gasteiger partial charge in [-0.25, -0.2) is 0 Å². The number of amides is 1.